The molecule has 2 rings (SSSR count). The van der Waals surface area contributed by atoms with Crippen LogP contribution in [0.15, 0.2) is 59.5 Å². The Morgan fingerprint density at radius 3 is 2.19 bits per heavy atom. The second kappa shape index (κ2) is 5.14. The molecule has 1 N–H and O–H groups in total. The van der Waals surface area contributed by atoms with Gasteiger partial charge in [-0.25, -0.2) is 4.21 Å². The molecule has 0 bridgehead atoms. The zero-order valence-electron chi connectivity index (χ0n) is 8.39. The SMILES string of the molecule is O=[S@](Nc1ccc(Cl)cc1)c1ccccc1. The van der Waals surface area contributed by atoms with Crippen molar-refractivity contribution < 1.29 is 4.21 Å². The lowest BCUT2D eigenvalue weighted by atomic mass is 10.3. The molecule has 0 saturated heterocycles. The lowest BCUT2D eigenvalue weighted by Crippen LogP contribution is -2.04. The summed E-state index contributed by atoms with van der Waals surface area (Å²) in [5.41, 5.74) is 0.784. The third-order valence-electron chi connectivity index (χ3n) is 2.01. The van der Waals surface area contributed by atoms with E-state index in [1.807, 2.05) is 30.3 Å². The molecule has 0 aliphatic carbocycles. The monoisotopic (exact) mass is 251 g/mol. The van der Waals surface area contributed by atoms with Crippen LogP contribution in [-0.4, -0.2) is 4.21 Å². The number of benzene rings is 2. The van der Waals surface area contributed by atoms with Gasteiger partial charge in [-0.3, -0.25) is 0 Å². The summed E-state index contributed by atoms with van der Waals surface area (Å²) >= 11 is 5.76. The Hall–Kier alpha value is -1.32. The first-order valence-corrected chi connectivity index (χ1v) is 6.27. The number of rotatable bonds is 3. The van der Waals surface area contributed by atoms with Crippen LogP contribution in [-0.2, 0) is 11.0 Å². The minimum Gasteiger partial charge on any atom is -0.301 e. The molecule has 2 aromatic rings. The van der Waals surface area contributed by atoms with Crippen molar-refractivity contribution >= 4 is 28.3 Å². The summed E-state index contributed by atoms with van der Waals surface area (Å²) in [5, 5.41) is 0.663. The fourth-order valence-electron chi connectivity index (χ4n) is 1.23. The average molecular weight is 252 g/mol. The Morgan fingerprint density at radius 1 is 0.938 bits per heavy atom. The molecule has 0 aliphatic heterocycles. The zero-order chi connectivity index (χ0) is 11.4. The molecule has 0 aromatic heterocycles. The van der Waals surface area contributed by atoms with Crippen molar-refractivity contribution in [2.45, 2.75) is 4.90 Å². The highest BCUT2D eigenvalue weighted by Gasteiger charge is 2.02. The van der Waals surface area contributed by atoms with Gasteiger partial charge in [0.1, 0.15) is 11.0 Å². The van der Waals surface area contributed by atoms with E-state index in [0.717, 1.165) is 10.6 Å². The van der Waals surface area contributed by atoms with E-state index in [2.05, 4.69) is 4.72 Å². The quantitative estimate of drug-likeness (QED) is 0.889. The zero-order valence-corrected chi connectivity index (χ0v) is 9.96. The highest BCUT2D eigenvalue weighted by atomic mass is 35.5. The molecular weight excluding hydrogens is 242 g/mol. The number of hydrogen-bond acceptors (Lipinski definition) is 1. The molecule has 0 radical (unpaired) electrons. The first-order valence-electron chi connectivity index (χ1n) is 4.75. The molecule has 0 spiro atoms. The third kappa shape index (κ3) is 2.84. The molecule has 0 fully saturated rings. The minimum atomic E-state index is -1.23. The van der Waals surface area contributed by atoms with Gasteiger partial charge in [-0.1, -0.05) is 29.8 Å². The summed E-state index contributed by atoms with van der Waals surface area (Å²) in [6, 6.07) is 16.3. The van der Waals surface area contributed by atoms with Crippen LogP contribution in [0.4, 0.5) is 5.69 Å². The summed E-state index contributed by atoms with van der Waals surface area (Å²) in [6.45, 7) is 0. The maximum Gasteiger partial charge on any atom is 0.150 e. The van der Waals surface area contributed by atoms with E-state index in [0.29, 0.717) is 5.02 Å². The minimum absolute atomic E-state index is 0.663. The van der Waals surface area contributed by atoms with Gasteiger partial charge in [0.05, 0.1) is 4.90 Å². The average Bonchev–Trinajstić information content (AvgIpc) is 2.33. The van der Waals surface area contributed by atoms with Crippen LogP contribution in [0.1, 0.15) is 0 Å². The molecule has 2 nitrogen and oxygen atoms in total. The van der Waals surface area contributed by atoms with E-state index in [-0.39, 0.29) is 0 Å². The van der Waals surface area contributed by atoms with Gasteiger partial charge in [-0.2, -0.15) is 0 Å². The van der Waals surface area contributed by atoms with Crippen LogP contribution in [0.25, 0.3) is 0 Å². The first-order chi connectivity index (χ1) is 7.75. The Kier molecular flexibility index (Phi) is 3.59. The molecule has 0 amide bonds. The lowest BCUT2D eigenvalue weighted by Gasteiger charge is -2.05. The van der Waals surface area contributed by atoms with Crippen molar-refractivity contribution in [1.82, 2.24) is 0 Å². The molecule has 16 heavy (non-hydrogen) atoms. The van der Waals surface area contributed by atoms with Crippen LogP contribution in [0, 0.1) is 0 Å². The second-order valence-electron chi connectivity index (χ2n) is 3.19. The summed E-state index contributed by atoms with van der Waals surface area (Å²) in [5.74, 6) is 0. The fourth-order valence-corrected chi connectivity index (χ4v) is 2.23. The van der Waals surface area contributed by atoms with Gasteiger partial charge in [0.2, 0.25) is 0 Å². The fraction of sp³-hybridized carbons (Fsp3) is 0. The van der Waals surface area contributed by atoms with E-state index < -0.39 is 11.0 Å². The van der Waals surface area contributed by atoms with Crippen LogP contribution < -0.4 is 4.72 Å². The van der Waals surface area contributed by atoms with Crippen molar-refractivity contribution in [3.8, 4) is 0 Å². The molecular formula is C12H10ClNOS. The number of anilines is 1. The van der Waals surface area contributed by atoms with Crippen molar-refractivity contribution in [1.29, 1.82) is 0 Å². The van der Waals surface area contributed by atoms with Crippen molar-refractivity contribution in [2.75, 3.05) is 4.72 Å². The van der Waals surface area contributed by atoms with Gasteiger partial charge in [0.25, 0.3) is 0 Å². The van der Waals surface area contributed by atoms with Gasteiger partial charge in [0.15, 0.2) is 0 Å². The molecule has 0 saturated carbocycles. The third-order valence-corrected chi connectivity index (χ3v) is 3.39. The van der Waals surface area contributed by atoms with Crippen LogP contribution >= 0.6 is 11.6 Å². The van der Waals surface area contributed by atoms with E-state index in [1.54, 1.807) is 24.3 Å². The predicted molar refractivity (Wildman–Crippen MR) is 67.9 cm³/mol. The van der Waals surface area contributed by atoms with E-state index in [1.165, 1.54) is 0 Å². The Morgan fingerprint density at radius 2 is 1.56 bits per heavy atom. The Balaban J connectivity index is 2.11. The summed E-state index contributed by atoms with van der Waals surface area (Å²) in [6.07, 6.45) is 0. The van der Waals surface area contributed by atoms with Crippen LogP contribution in [0.3, 0.4) is 0 Å². The number of halogens is 1. The van der Waals surface area contributed by atoms with Crippen LogP contribution in [0.5, 0.6) is 0 Å². The number of hydrogen-bond donors (Lipinski definition) is 1. The maximum atomic E-state index is 11.9. The highest BCUT2D eigenvalue weighted by molar-refractivity contribution is 7.86. The summed E-state index contributed by atoms with van der Waals surface area (Å²) in [7, 11) is -1.23. The first kappa shape index (κ1) is 11.2. The van der Waals surface area contributed by atoms with Gasteiger partial charge < -0.3 is 4.72 Å². The van der Waals surface area contributed by atoms with Crippen molar-refractivity contribution in [3.63, 3.8) is 0 Å². The van der Waals surface area contributed by atoms with E-state index in [4.69, 9.17) is 11.6 Å². The van der Waals surface area contributed by atoms with Gasteiger partial charge in [-0.05, 0) is 36.4 Å². The maximum absolute atomic E-state index is 11.9. The second-order valence-corrected chi connectivity index (χ2v) is 4.84. The summed E-state index contributed by atoms with van der Waals surface area (Å²) in [4.78, 5) is 0.748. The van der Waals surface area contributed by atoms with E-state index in [9.17, 15) is 4.21 Å². The topological polar surface area (TPSA) is 29.1 Å². The summed E-state index contributed by atoms with van der Waals surface area (Å²) < 4.78 is 14.8. The normalized spacial score (nSPS) is 12.1. The molecule has 0 unspecified atom stereocenters. The number of nitrogens with one attached hydrogen (secondary N) is 1. The Bertz CT molecular complexity index is 484. The molecule has 4 heteroatoms. The van der Waals surface area contributed by atoms with Gasteiger partial charge in [0, 0.05) is 10.7 Å². The van der Waals surface area contributed by atoms with Crippen LogP contribution in [0.2, 0.25) is 5.02 Å². The smallest absolute Gasteiger partial charge is 0.150 e. The largest absolute Gasteiger partial charge is 0.301 e. The lowest BCUT2D eigenvalue weighted by molar-refractivity contribution is 0.686. The van der Waals surface area contributed by atoms with Gasteiger partial charge in [-0.15, -0.1) is 0 Å². The van der Waals surface area contributed by atoms with Crippen molar-refractivity contribution in [3.05, 3.63) is 59.6 Å². The Labute approximate surface area is 102 Å². The molecule has 2 aromatic carbocycles. The predicted octanol–water partition coefficient (Wildman–Crippen LogP) is 3.47. The molecule has 1 atom stereocenters. The molecule has 82 valence electrons. The molecule has 0 heterocycles. The van der Waals surface area contributed by atoms with Gasteiger partial charge >= 0.3 is 0 Å². The van der Waals surface area contributed by atoms with E-state index >= 15 is 0 Å². The molecule has 0 aliphatic rings. The highest BCUT2D eigenvalue weighted by Crippen LogP contribution is 2.15. The van der Waals surface area contributed by atoms with Crippen molar-refractivity contribution in [2.24, 2.45) is 0 Å². The standard InChI is InChI=1S/C12H10ClNOS/c13-10-6-8-11(9-7-10)14-16(15)12-4-2-1-3-5-12/h1-9,14H/t16-/m0/s1.